The zero-order valence-corrected chi connectivity index (χ0v) is 14.3. The van der Waals surface area contributed by atoms with E-state index in [1.807, 2.05) is 51.2 Å². The number of ether oxygens (including phenoxy) is 1. The van der Waals surface area contributed by atoms with Crippen LogP contribution in [0.3, 0.4) is 0 Å². The van der Waals surface area contributed by atoms with E-state index in [9.17, 15) is 0 Å². The summed E-state index contributed by atoms with van der Waals surface area (Å²) in [5, 5.41) is 0. The molecule has 0 aliphatic carbocycles. The zero-order valence-electron chi connectivity index (χ0n) is 14.3. The third-order valence-electron chi connectivity index (χ3n) is 3.66. The van der Waals surface area contributed by atoms with E-state index in [0.29, 0.717) is 11.8 Å². The van der Waals surface area contributed by atoms with Crippen LogP contribution in [-0.2, 0) is 6.54 Å². The van der Waals surface area contributed by atoms with Gasteiger partial charge in [-0.2, -0.15) is 15.0 Å². The summed E-state index contributed by atoms with van der Waals surface area (Å²) in [5.74, 6) is 2.31. The van der Waals surface area contributed by atoms with Crippen LogP contribution in [0.5, 0.6) is 5.75 Å². The summed E-state index contributed by atoms with van der Waals surface area (Å²) in [6, 6.07) is 8.01. The van der Waals surface area contributed by atoms with E-state index >= 15 is 0 Å². The molecule has 7 heteroatoms. The van der Waals surface area contributed by atoms with Gasteiger partial charge in [-0.05, 0) is 31.7 Å². The Hall–Kier alpha value is -2.41. The number of nitrogens with two attached hydrogens (primary N) is 1. The Labute approximate surface area is 137 Å². The first-order valence-electron chi connectivity index (χ1n) is 7.42. The van der Waals surface area contributed by atoms with Crippen LogP contribution in [0, 0.1) is 0 Å². The smallest absolute Gasteiger partial charge is 0.229 e. The van der Waals surface area contributed by atoms with Crippen LogP contribution in [0.1, 0.15) is 24.4 Å². The molecule has 1 atom stereocenters. The maximum Gasteiger partial charge on any atom is 0.229 e. The van der Waals surface area contributed by atoms with E-state index in [4.69, 9.17) is 10.5 Å². The topological polar surface area (TPSA) is 80.4 Å². The molecule has 0 saturated carbocycles. The highest BCUT2D eigenvalue weighted by molar-refractivity contribution is 5.33. The van der Waals surface area contributed by atoms with E-state index in [0.717, 1.165) is 17.9 Å². The van der Waals surface area contributed by atoms with Crippen molar-refractivity contribution >= 4 is 11.9 Å². The minimum Gasteiger partial charge on any atom is -0.497 e. The summed E-state index contributed by atoms with van der Waals surface area (Å²) in [6.45, 7) is 2.80. The molecule has 7 nitrogen and oxygen atoms in total. The van der Waals surface area contributed by atoms with Crippen LogP contribution in [0.2, 0.25) is 0 Å². The molecule has 124 valence electrons. The molecule has 0 radical (unpaired) electrons. The van der Waals surface area contributed by atoms with Gasteiger partial charge in [0, 0.05) is 20.6 Å². The number of hydrogen-bond acceptors (Lipinski definition) is 7. The second kappa shape index (κ2) is 7.23. The van der Waals surface area contributed by atoms with E-state index in [1.165, 1.54) is 0 Å². The SMILES string of the molecule is COc1cccc(CN(C)C(C)c2nc(N)nc(N(C)C)n2)c1. The second-order valence-corrected chi connectivity index (χ2v) is 5.69. The molecule has 0 amide bonds. The highest BCUT2D eigenvalue weighted by atomic mass is 16.5. The van der Waals surface area contributed by atoms with Crippen molar-refractivity contribution in [1.29, 1.82) is 0 Å². The van der Waals surface area contributed by atoms with Crippen molar-refractivity contribution in [2.75, 3.05) is 38.9 Å². The standard InChI is InChI=1S/C16H24N6O/c1-11(14-18-15(17)20-16(19-14)21(2)3)22(4)10-12-7-6-8-13(9-12)23-5/h6-9,11H,10H2,1-5H3,(H2,17,18,19,20). The number of hydrogen-bond donors (Lipinski definition) is 1. The van der Waals surface area contributed by atoms with E-state index in [-0.39, 0.29) is 12.0 Å². The average Bonchev–Trinajstić information content (AvgIpc) is 2.53. The number of anilines is 2. The van der Waals surface area contributed by atoms with Gasteiger partial charge in [0.2, 0.25) is 11.9 Å². The van der Waals surface area contributed by atoms with Crippen molar-refractivity contribution in [3.05, 3.63) is 35.7 Å². The van der Waals surface area contributed by atoms with E-state index in [1.54, 1.807) is 7.11 Å². The van der Waals surface area contributed by atoms with Crippen LogP contribution in [0.4, 0.5) is 11.9 Å². The molecular formula is C16H24N6O. The fraction of sp³-hybridized carbons (Fsp3) is 0.438. The summed E-state index contributed by atoms with van der Waals surface area (Å²) in [5.41, 5.74) is 6.96. The lowest BCUT2D eigenvalue weighted by atomic mass is 10.2. The van der Waals surface area contributed by atoms with Crippen molar-refractivity contribution in [3.8, 4) is 5.75 Å². The largest absolute Gasteiger partial charge is 0.497 e. The number of methoxy groups -OCH3 is 1. The molecule has 0 aliphatic heterocycles. The fourth-order valence-electron chi connectivity index (χ4n) is 2.18. The molecule has 2 N–H and O–H groups in total. The van der Waals surface area contributed by atoms with Gasteiger partial charge in [-0.3, -0.25) is 4.90 Å². The van der Waals surface area contributed by atoms with Gasteiger partial charge < -0.3 is 15.4 Å². The molecule has 1 unspecified atom stereocenters. The van der Waals surface area contributed by atoms with Gasteiger partial charge in [0.1, 0.15) is 5.75 Å². The number of aromatic nitrogens is 3. The van der Waals surface area contributed by atoms with Gasteiger partial charge in [0.25, 0.3) is 0 Å². The van der Waals surface area contributed by atoms with E-state index < -0.39 is 0 Å². The van der Waals surface area contributed by atoms with Crippen molar-refractivity contribution in [3.63, 3.8) is 0 Å². The minimum atomic E-state index is 0.00482. The number of benzene rings is 1. The summed E-state index contributed by atoms with van der Waals surface area (Å²) in [6.07, 6.45) is 0. The first-order valence-corrected chi connectivity index (χ1v) is 7.42. The average molecular weight is 316 g/mol. The molecule has 0 fully saturated rings. The maximum atomic E-state index is 5.80. The summed E-state index contributed by atoms with van der Waals surface area (Å²) in [4.78, 5) is 16.9. The Morgan fingerprint density at radius 2 is 1.91 bits per heavy atom. The molecule has 1 aromatic carbocycles. The summed E-state index contributed by atoms with van der Waals surface area (Å²) < 4.78 is 5.27. The third kappa shape index (κ3) is 4.29. The summed E-state index contributed by atoms with van der Waals surface area (Å²) >= 11 is 0. The lowest BCUT2D eigenvalue weighted by Gasteiger charge is -2.24. The number of rotatable bonds is 6. The predicted molar refractivity (Wildman–Crippen MR) is 91.4 cm³/mol. The Morgan fingerprint density at radius 1 is 1.17 bits per heavy atom. The first kappa shape index (κ1) is 17.0. The second-order valence-electron chi connectivity index (χ2n) is 5.69. The van der Waals surface area contributed by atoms with Crippen LogP contribution in [0.25, 0.3) is 0 Å². The predicted octanol–water partition coefficient (Wildman–Crippen LogP) is 1.72. The van der Waals surface area contributed by atoms with Gasteiger partial charge in [-0.15, -0.1) is 0 Å². The highest BCUT2D eigenvalue weighted by Gasteiger charge is 2.17. The van der Waals surface area contributed by atoms with Crippen molar-refractivity contribution in [2.24, 2.45) is 0 Å². The minimum absolute atomic E-state index is 0.00482. The molecule has 0 aliphatic rings. The van der Waals surface area contributed by atoms with Crippen molar-refractivity contribution in [2.45, 2.75) is 19.5 Å². The zero-order chi connectivity index (χ0) is 17.0. The van der Waals surface area contributed by atoms with Crippen molar-refractivity contribution < 1.29 is 4.74 Å². The molecule has 0 bridgehead atoms. The third-order valence-corrected chi connectivity index (χ3v) is 3.66. The first-order chi connectivity index (χ1) is 10.9. The Kier molecular flexibility index (Phi) is 5.33. The van der Waals surface area contributed by atoms with Crippen molar-refractivity contribution in [1.82, 2.24) is 19.9 Å². The summed E-state index contributed by atoms with van der Waals surface area (Å²) in [7, 11) is 7.45. The fourth-order valence-corrected chi connectivity index (χ4v) is 2.18. The molecule has 0 saturated heterocycles. The van der Waals surface area contributed by atoms with Gasteiger partial charge >= 0.3 is 0 Å². The Bertz CT molecular complexity index is 661. The van der Waals surface area contributed by atoms with Crippen LogP contribution in [-0.4, -0.2) is 48.1 Å². The normalized spacial score (nSPS) is 12.3. The van der Waals surface area contributed by atoms with Crippen LogP contribution >= 0.6 is 0 Å². The Morgan fingerprint density at radius 3 is 2.57 bits per heavy atom. The molecule has 23 heavy (non-hydrogen) atoms. The molecule has 2 aromatic rings. The van der Waals surface area contributed by atoms with Crippen LogP contribution in [0.15, 0.2) is 24.3 Å². The number of nitrogen functional groups attached to an aromatic ring is 1. The van der Waals surface area contributed by atoms with Gasteiger partial charge in [-0.25, -0.2) is 0 Å². The molecule has 1 aromatic heterocycles. The number of nitrogens with zero attached hydrogens (tertiary/aromatic N) is 5. The van der Waals surface area contributed by atoms with Crippen LogP contribution < -0.4 is 15.4 Å². The lowest BCUT2D eigenvalue weighted by molar-refractivity contribution is 0.243. The maximum absolute atomic E-state index is 5.80. The molecule has 2 rings (SSSR count). The van der Waals surface area contributed by atoms with E-state index in [2.05, 4.69) is 25.9 Å². The highest BCUT2D eigenvalue weighted by Crippen LogP contribution is 2.21. The lowest BCUT2D eigenvalue weighted by Crippen LogP contribution is -2.25. The van der Waals surface area contributed by atoms with Gasteiger partial charge in [-0.1, -0.05) is 12.1 Å². The quantitative estimate of drug-likeness (QED) is 0.869. The Balaban J connectivity index is 2.17. The molecular weight excluding hydrogens is 292 g/mol. The van der Waals surface area contributed by atoms with Gasteiger partial charge in [0.05, 0.1) is 13.2 Å². The molecule has 1 heterocycles. The molecule has 0 spiro atoms. The monoisotopic (exact) mass is 316 g/mol. The van der Waals surface area contributed by atoms with Gasteiger partial charge in [0.15, 0.2) is 5.82 Å².